The molecule has 2 atom stereocenters. The van der Waals surface area contributed by atoms with Gasteiger partial charge in [-0.3, -0.25) is 5.10 Å². The van der Waals surface area contributed by atoms with Gasteiger partial charge in [-0.15, -0.1) is 0 Å². The van der Waals surface area contributed by atoms with Crippen LogP contribution in [0.5, 0.6) is 0 Å². The molecule has 0 aliphatic rings. The summed E-state index contributed by atoms with van der Waals surface area (Å²) in [5.74, 6) is -0.0298. The van der Waals surface area contributed by atoms with Gasteiger partial charge in [-0.2, -0.15) is 5.10 Å². The van der Waals surface area contributed by atoms with E-state index < -0.39 is 18.0 Å². The number of carboxylic acid groups (broad SMARTS) is 1. The number of rotatable bonds is 6. The van der Waals surface area contributed by atoms with Crippen LogP contribution in [0, 0.1) is 12.8 Å². The van der Waals surface area contributed by atoms with E-state index in [1.54, 1.807) is 20.9 Å². The molecule has 1 aromatic rings. The van der Waals surface area contributed by atoms with Crippen LogP contribution in [-0.4, -0.2) is 50.3 Å². The molecule has 1 rings (SSSR count). The number of amides is 2. The van der Waals surface area contributed by atoms with Crippen molar-refractivity contribution >= 4 is 12.0 Å². The number of nitrogens with zero attached hydrogens (tertiary/aromatic N) is 3. The van der Waals surface area contributed by atoms with Crippen LogP contribution in [0.25, 0.3) is 0 Å². The SMILES string of the molecule is CCC(C)[C@H](NC(=O)N(C)Cc1n[nH]c(C)n1)C(=O)O. The summed E-state index contributed by atoms with van der Waals surface area (Å²) < 4.78 is 0. The van der Waals surface area contributed by atoms with E-state index in [2.05, 4.69) is 20.5 Å². The molecule has 1 heterocycles. The number of carbonyl (C=O) groups excluding carboxylic acids is 1. The third-order valence-corrected chi connectivity index (χ3v) is 3.13. The molecule has 1 unspecified atom stereocenters. The van der Waals surface area contributed by atoms with Gasteiger partial charge in [0.2, 0.25) is 0 Å². The van der Waals surface area contributed by atoms with Gasteiger partial charge in [-0.05, 0) is 12.8 Å². The summed E-state index contributed by atoms with van der Waals surface area (Å²) in [5, 5.41) is 18.3. The minimum Gasteiger partial charge on any atom is -0.480 e. The van der Waals surface area contributed by atoms with Crippen molar-refractivity contribution in [3.05, 3.63) is 11.6 Å². The van der Waals surface area contributed by atoms with E-state index in [1.165, 1.54) is 4.90 Å². The van der Waals surface area contributed by atoms with Crippen LogP contribution >= 0.6 is 0 Å². The maximum atomic E-state index is 12.0. The van der Waals surface area contributed by atoms with Crippen molar-refractivity contribution < 1.29 is 14.7 Å². The molecule has 0 bridgehead atoms. The molecule has 8 nitrogen and oxygen atoms in total. The zero-order valence-electron chi connectivity index (χ0n) is 12.2. The van der Waals surface area contributed by atoms with Gasteiger partial charge in [0.05, 0.1) is 6.54 Å². The summed E-state index contributed by atoms with van der Waals surface area (Å²) in [6.45, 7) is 5.65. The maximum Gasteiger partial charge on any atom is 0.326 e. The number of carboxylic acids is 1. The number of urea groups is 1. The molecule has 112 valence electrons. The van der Waals surface area contributed by atoms with E-state index in [0.29, 0.717) is 18.1 Å². The second-order valence-electron chi connectivity index (χ2n) is 4.84. The number of H-pyrrole nitrogens is 1. The van der Waals surface area contributed by atoms with Crippen molar-refractivity contribution in [3.8, 4) is 0 Å². The summed E-state index contributed by atoms with van der Waals surface area (Å²) in [5.41, 5.74) is 0. The molecule has 0 fully saturated rings. The second-order valence-corrected chi connectivity index (χ2v) is 4.84. The zero-order valence-corrected chi connectivity index (χ0v) is 12.2. The lowest BCUT2D eigenvalue weighted by Gasteiger charge is -2.23. The molecule has 1 aromatic heterocycles. The Balaban J connectivity index is 2.61. The van der Waals surface area contributed by atoms with E-state index in [4.69, 9.17) is 5.11 Å². The molecule has 0 radical (unpaired) electrons. The van der Waals surface area contributed by atoms with Gasteiger partial charge in [0.15, 0.2) is 5.82 Å². The summed E-state index contributed by atoms with van der Waals surface area (Å²) >= 11 is 0. The van der Waals surface area contributed by atoms with Crippen LogP contribution in [0.1, 0.15) is 31.9 Å². The Bertz CT molecular complexity index is 473. The molecule has 3 N–H and O–H groups in total. The van der Waals surface area contributed by atoms with Crippen LogP contribution < -0.4 is 5.32 Å². The summed E-state index contributed by atoms with van der Waals surface area (Å²) in [6.07, 6.45) is 0.668. The standard InChI is InChI=1S/C12H21N5O3/c1-5-7(2)10(11(18)19)14-12(20)17(4)6-9-13-8(3)15-16-9/h7,10H,5-6H2,1-4H3,(H,14,20)(H,18,19)(H,13,15,16)/t7?,10-/m0/s1. The fraction of sp³-hybridized carbons (Fsp3) is 0.667. The summed E-state index contributed by atoms with van der Waals surface area (Å²) in [6, 6.07) is -1.36. The fourth-order valence-electron chi connectivity index (χ4n) is 1.67. The predicted octanol–water partition coefficient (Wildman–Crippen LogP) is 0.754. The molecule has 20 heavy (non-hydrogen) atoms. The molecule has 0 spiro atoms. The lowest BCUT2D eigenvalue weighted by atomic mass is 9.99. The lowest BCUT2D eigenvalue weighted by Crippen LogP contribution is -2.49. The number of aryl methyl sites for hydroxylation is 1. The quantitative estimate of drug-likeness (QED) is 0.713. The highest BCUT2D eigenvalue weighted by molar-refractivity contribution is 5.82. The fourth-order valence-corrected chi connectivity index (χ4v) is 1.67. The number of hydrogen-bond acceptors (Lipinski definition) is 4. The van der Waals surface area contributed by atoms with Gasteiger partial charge in [-0.1, -0.05) is 20.3 Å². The number of carbonyl (C=O) groups is 2. The average Bonchev–Trinajstić information content (AvgIpc) is 2.79. The Morgan fingerprint density at radius 1 is 1.50 bits per heavy atom. The molecular weight excluding hydrogens is 262 g/mol. The van der Waals surface area contributed by atoms with Crippen LogP contribution in [0.3, 0.4) is 0 Å². The maximum absolute atomic E-state index is 12.0. The largest absolute Gasteiger partial charge is 0.480 e. The highest BCUT2D eigenvalue weighted by atomic mass is 16.4. The highest BCUT2D eigenvalue weighted by Gasteiger charge is 2.26. The van der Waals surface area contributed by atoms with Gasteiger partial charge < -0.3 is 15.3 Å². The van der Waals surface area contributed by atoms with Crippen LogP contribution in [0.4, 0.5) is 4.79 Å². The minimum atomic E-state index is -1.03. The van der Waals surface area contributed by atoms with E-state index in [1.807, 2.05) is 6.92 Å². The molecule has 0 aliphatic heterocycles. The summed E-state index contributed by atoms with van der Waals surface area (Å²) in [7, 11) is 1.57. The molecule has 0 saturated heterocycles. The van der Waals surface area contributed by atoms with E-state index in [0.717, 1.165) is 0 Å². The van der Waals surface area contributed by atoms with Crippen molar-refractivity contribution in [3.63, 3.8) is 0 Å². The first-order chi connectivity index (χ1) is 9.35. The average molecular weight is 283 g/mol. The van der Waals surface area contributed by atoms with Crippen LogP contribution in [0.2, 0.25) is 0 Å². The third kappa shape index (κ3) is 4.22. The molecular formula is C12H21N5O3. The molecule has 2 amide bonds. The van der Waals surface area contributed by atoms with Gasteiger partial charge in [0.25, 0.3) is 0 Å². The minimum absolute atomic E-state index is 0.143. The lowest BCUT2D eigenvalue weighted by molar-refractivity contribution is -0.140. The monoisotopic (exact) mass is 283 g/mol. The van der Waals surface area contributed by atoms with E-state index in [-0.39, 0.29) is 12.5 Å². The van der Waals surface area contributed by atoms with E-state index in [9.17, 15) is 9.59 Å². The van der Waals surface area contributed by atoms with Crippen LogP contribution in [-0.2, 0) is 11.3 Å². The Hall–Kier alpha value is -2.12. The number of nitrogens with one attached hydrogen (secondary N) is 2. The molecule has 8 heteroatoms. The highest BCUT2D eigenvalue weighted by Crippen LogP contribution is 2.08. The Morgan fingerprint density at radius 3 is 2.60 bits per heavy atom. The molecule has 0 aliphatic carbocycles. The first kappa shape index (κ1) is 15.9. The molecule has 0 saturated carbocycles. The Kier molecular flexibility index (Phi) is 5.48. The summed E-state index contributed by atoms with van der Waals surface area (Å²) in [4.78, 5) is 28.6. The van der Waals surface area contributed by atoms with Gasteiger partial charge in [0.1, 0.15) is 11.9 Å². The second kappa shape index (κ2) is 6.88. The number of aromatic amines is 1. The zero-order chi connectivity index (χ0) is 15.3. The van der Waals surface area contributed by atoms with Gasteiger partial charge >= 0.3 is 12.0 Å². The van der Waals surface area contributed by atoms with Crippen molar-refractivity contribution in [2.75, 3.05) is 7.05 Å². The van der Waals surface area contributed by atoms with Gasteiger partial charge in [0, 0.05) is 7.05 Å². The van der Waals surface area contributed by atoms with Crippen molar-refractivity contribution in [1.82, 2.24) is 25.4 Å². The normalized spacial score (nSPS) is 13.6. The van der Waals surface area contributed by atoms with Crippen molar-refractivity contribution in [1.29, 1.82) is 0 Å². The first-order valence-electron chi connectivity index (χ1n) is 6.47. The number of hydrogen-bond donors (Lipinski definition) is 3. The third-order valence-electron chi connectivity index (χ3n) is 3.13. The Morgan fingerprint density at radius 2 is 2.15 bits per heavy atom. The first-order valence-corrected chi connectivity index (χ1v) is 6.47. The van der Waals surface area contributed by atoms with Crippen molar-refractivity contribution in [2.45, 2.75) is 39.8 Å². The molecule has 0 aromatic carbocycles. The van der Waals surface area contributed by atoms with Crippen molar-refractivity contribution in [2.24, 2.45) is 5.92 Å². The van der Waals surface area contributed by atoms with Gasteiger partial charge in [-0.25, -0.2) is 14.6 Å². The smallest absolute Gasteiger partial charge is 0.326 e. The van der Waals surface area contributed by atoms with Crippen LogP contribution in [0.15, 0.2) is 0 Å². The topological polar surface area (TPSA) is 111 Å². The van der Waals surface area contributed by atoms with E-state index >= 15 is 0 Å². The number of aromatic nitrogens is 3. The number of aliphatic carboxylic acids is 1. The Labute approximate surface area is 117 Å². The predicted molar refractivity (Wildman–Crippen MR) is 72.0 cm³/mol.